The molecule has 0 aliphatic carbocycles. The van der Waals surface area contributed by atoms with Crippen molar-refractivity contribution in [2.75, 3.05) is 6.61 Å². The number of hydrogen-bond acceptors (Lipinski definition) is 5. The number of carbonyl (C=O) groups excluding carboxylic acids is 2. The molecule has 7 nitrogen and oxygen atoms in total. The van der Waals surface area contributed by atoms with Gasteiger partial charge in [0.2, 0.25) is 5.91 Å². The van der Waals surface area contributed by atoms with Crippen LogP contribution in [0.1, 0.15) is 36.2 Å². The minimum absolute atomic E-state index is 0.0318. The van der Waals surface area contributed by atoms with Crippen LogP contribution in [-0.2, 0) is 20.3 Å². The third-order valence-corrected chi connectivity index (χ3v) is 6.84. The monoisotopic (exact) mass is 454 g/mol. The zero-order valence-electron chi connectivity index (χ0n) is 18.1. The van der Waals surface area contributed by atoms with E-state index < -0.39 is 25.4 Å². The molecule has 8 heteroatoms. The summed E-state index contributed by atoms with van der Waals surface area (Å²) in [5.74, 6) is -0.584. The normalized spacial score (nSPS) is 13.8. The summed E-state index contributed by atoms with van der Waals surface area (Å²) in [6, 6.07) is 18.7. The lowest BCUT2D eigenvalue weighted by Gasteiger charge is -2.24. The molecule has 0 aliphatic heterocycles. The number of carbonyl (C=O) groups is 2. The highest BCUT2D eigenvalue weighted by Crippen LogP contribution is 2.47. The van der Waals surface area contributed by atoms with Crippen molar-refractivity contribution in [2.45, 2.75) is 32.5 Å². The molecule has 32 heavy (non-hydrogen) atoms. The quantitative estimate of drug-likeness (QED) is 0.341. The molecule has 168 valence electrons. The molecule has 0 fully saturated rings. The van der Waals surface area contributed by atoms with Crippen molar-refractivity contribution in [3.8, 4) is 5.75 Å². The van der Waals surface area contributed by atoms with Crippen LogP contribution in [0.25, 0.3) is 10.8 Å². The zero-order valence-corrected chi connectivity index (χ0v) is 19.0. The summed E-state index contributed by atoms with van der Waals surface area (Å²) in [6.07, 6.45) is 0.727. The highest BCUT2D eigenvalue weighted by Gasteiger charge is 2.31. The largest absolute Gasteiger partial charge is 0.465 e. The Labute approximate surface area is 187 Å². The van der Waals surface area contributed by atoms with Crippen LogP contribution in [0, 0.1) is 0 Å². The first-order chi connectivity index (χ1) is 15.3. The molecule has 0 heterocycles. The van der Waals surface area contributed by atoms with E-state index in [1.54, 1.807) is 43.3 Å². The number of hydrogen-bond donors (Lipinski definition) is 2. The molecule has 2 unspecified atom stereocenters. The molecule has 3 aromatic rings. The third-order valence-electron chi connectivity index (χ3n) is 4.77. The second kappa shape index (κ2) is 10.4. The summed E-state index contributed by atoms with van der Waals surface area (Å²) in [6.45, 7) is 3.79. The third kappa shape index (κ3) is 6.19. The first-order valence-corrected chi connectivity index (χ1v) is 12.2. The van der Waals surface area contributed by atoms with Gasteiger partial charge in [0, 0.05) is 5.56 Å². The molecule has 1 amide bonds. The standard InChI is InChI=1S/C24H27N2O5P/c1-3-13-30-24(28)17(2)26-32(29,31-22-7-5-4-6-8-22)16-18-9-10-19-11-12-20(23(25)27)15-21(19)14-18/h4-12,14-15,17H,3,13,16H2,1-2H3,(H2,25,27)(H,26,29). The van der Waals surface area contributed by atoms with Crippen molar-refractivity contribution in [2.24, 2.45) is 5.73 Å². The SMILES string of the molecule is CCCOC(=O)C(C)NP(=O)(Cc1ccc2ccc(C(N)=O)cc2c1)Oc1ccccc1. The molecular weight excluding hydrogens is 427 g/mol. The van der Waals surface area contributed by atoms with Gasteiger partial charge in [0.1, 0.15) is 11.8 Å². The summed E-state index contributed by atoms with van der Waals surface area (Å²) in [5.41, 5.74) is 6.51. The molecule has 0 saturated carbocycles. The van der Waals surface area contributed by atoms with E-state index in [-0.39, 0.29) is 6.16 Å². The maximum atomic E-state index is 13.8. The van der Waals surface area contributed by atoms with Crippen molar-refractivity contribution < 1.29 is 23.4 Å². The van der Waals surface area contributed by atoms with E-state index in [2.05, 4.69) is 5.09 Å². The Morgan fingerprint density at radius 3 is 2.44 bits per heavy atom. The molecule has 0 aliphatic rings. The first kappa shape index (κ1) is 23.5. The molecule has 0 bridgehead atoms. The molecule has 0 saturated heterocycles. The summed E-state index contributed by atoms with van der Waals surface area (Å²) in [4.78, 5) is 23.8. The minimum Gasteiger partial charge on any atom is -0.465 e. The molecular formula is C24H27N2O5P. The van der Waals surface area contributed by atoms with Gasteiger partial charge in [0.15, 0.2) is 0 Å². The molecule has 3 aromatic carbocycles. The smallest absolute Gasteiger partial charge is 0.323 e. The lowest BCUT2D eigenvalue weighted by atomic mass is 10.0. The lowest BCUT2D eigenvalue weighted by molar-refractivity contribution is -0.145. The van der Waals surface area contributed by atoms with Gasteiger partial charge in [-0.15, -0.1) is 0 Å². The highest BCUT2D eigenvalue weighted by atomic mass is 31.2. The summed E-state index contributed by atoms with van der Waals surface area (Å²) >= 11 is 0. The molecule has 3 rings (SSSR count). The van der Waals surface area contributed by atoms with E-state index in [1.165, 1.54) is 0 Å². The van der Waals surface area contributed by atoms with Gasteiger partial charge in [-0.2, -0.15) is 0 Å². The maximum Gasteiger partial charge on any atom is 0.323 e. The van der Waals surface area contributed by atoms with Gasteiger partial charge in [-0.3, -0.25) is 14.2 Å². The number of nitrogens with two attached hydrogens (primary N) is 1. The van der Waals surface area contributed by atoms with E-state index in [4.69, 9.17) is 15.0 Å². The van der Waals surface area contributed by atoms with E-state index in [0.717, 1.165) is 16.3 Å². The van der Waals surface area contributed by atoms with Gasteiger partial charge in [0.25, 0.3) is 0 Å². The van der Waals surface area contributed by atoms with Crippen molar-refractivity contribution >= 4 is 30.2 Å². The predicted molar refractivity (Wildman–Crippen MR) is 125 cm³/mol. The second-order valence-electron chi connectivity index (χ2n) is 7.51. The summed E-state index contributed by atoms with van der Waals surface area (Å²) in [5, 5.41) is 4.57. The average molecular weight is 454 g/mol. The molecule has 0 aromatic heterocycles. The fraction of sp³-hybridized carbons (Fsp3) is 0.250. The molecule has 3 N–H and O–H groups in total. The predicted octanol–water partition coefficient (Wildman–Crippen LogP) is 4.64. The number of rotatable bonds is 10. The van der Waals surface area contributed by atoms with Gasteiger partial charge in [0.05, 0.1) is 12.8 Å². The van der Waals surface area contributed by atoms with E-state index in [1.807, 2.05) is 37.3 Å². The average Bonchev–Trinajstić information content (AvgIpc) is 2.77. The van der Waals surface area contributed by atoms with Crippen molar-refractivity contribution in [1.82, 2.24) is 5.09 Å². The highest BCUT2D eigenvalue weighted by molar-refractivity contribution is 7.56. The van der Waals surface area contributed by atoms with Crippen LogP contribution in [0.3, 0.4) is 0 Å². The fourth-order valence-corrected chi connectivity index (χ4v) is 5.26. The van der Waals surface area contributed by atoms with Crippen LogP contribution < -0.4 is 15.3 Å². The number of primary amides is 1. The van der Waals surface area contributed by atoms with Gasteiger partial charge in [-0.25, -0.2) is 5.09 Å². The van der Waals surface area contributed by atoms with E-state index >= 15 is 0 Å². The Morgan fingerprint density at radius 1 is 1.03 bits per heavy atom. The van der Waals surface area contributed by atoms with E-state index in [0.29, 0.717) is 24.3 Å². The number of esters is 1. The van der Waals surface area contributed by atoms with Crippen molar-refractivity contribution in [3.05, 3.63) is 77.9 Å². The van der Waals surface area contributed by atoms with Crippen LogP contribution in [0.15, 0.2) is 66.7 Å². The second-order valence-corrected chi connectivity index (χ2v) is 9.62. The summed E-state index contributed by atoms with van der Waals surface area (Å²) in [7, 11) is -3.56. The van der Waals surface area contributed by atoms with Gasteiger partial charge in [-0.05, 0) is 53.9 Å². The maximum absolute atomic E-state index is 13.8. The first-order valence-electron chi connectivity index (χ1n) is 10.4. The van der Waals surface area contributed by atoms with Gasteiger partial charge < -0.3 is 15.0 Å². The van der Waals surface area contributed by atoms with Crippen LogP contribution in [-0.4, -0.2) is 24.5 Å². The number of amides is 1. The number of para-hydroxylation sites is 1. The zero-order chi connectivity index (χ0) is 23.1. The van der Waals surface area contributed by atoms with Crippen LogP contribution in [0.4, 0.5) is 0 Å². The Morgan fingerprint density at radius 2 is 1.75 bits per heavy atom. The Kier molecular flexibility index (Phi) is 7.67. The van der Waals surface area contributed by atoms with E-state index in [9.17, 15) is 14.2 Å². The molecule has 0 spiro atoms. The minimum atomic E-state index is -3.56. The summed E-state index contributed by atoms with van der Waals surface area (Å²) < 4.78 is 24.9. The fourth-order valence-electron chi connectivity index (χ4n) is 3.22. The number of ether oxygens (including phenoxy) is 1. The van der Waals surface area contributed by atoms with Crippen molar-refractivity contribution in [1.29, 1.82) is 0 Å². The number of benzene rings is 3. The number of nitrogens with one attached hydrogen (secondary N) is 1. The lowest BCUT2D eigenvalue weighted by Crippen LogP contribution is -2.35. The topological polar surface area (TPSA) is 108 Å². The Balaban J connectivity index is 1.89. The van der Waals surface area contributed by atoms with Crippen LogP contribution in [0.2, 0.25) is 0 Å². The Bertz CT molecular complexity index is 1150. The molecule has 2 atom stereocenters. The van der Waals surface area contributed by atoms with Crippen molar-refractivity contribution in [3.63, 3.8) is 0 Å². The van der Waals surface area contributed by atoms with Crippen LogP contribution in [0.5, 0.6) is 5.75 Å². The molecule has 0 radical (unpaired) electrons. The Hall–Kier alpha value is -3.15. The van der Waals surface area contributed by atoms with Gasteiger partial charge >= 0.3 is 13.5 Å². The number of fused-ring (bicyclic) bond motifs is 1. The van der Waals surface area contributed by atoms with Crippen LogP contribution >= 0.6 is 7.52 Å². The van der Waals surface area contributed by atoms with Gasteiger partial charge in [-0.1, -0.05) is 49.4 Å².